The average molecular weight is 548 g/mol. The van der Waals surface area contributed by atoms with Crippen molar-refractivity contribution in [1.29, 1.82) is 0 Å². The minimum absolute atomic E-state index is 0.0122. The number of nitrogens with one attached hydrogen (secondary N) is 4. The van der Waals surface area contributed by atoms with Gasteiger partial charge in [-0.05, 0) is 30.5 Å². The van der Waals surface area contributed by atoms with E-state index in [1.54, 1.807) is 13.1 Å². The number of hydrogen-bond acceptors (Lipinski definition) is 4. The van der Waals surface area contributed by atoms with Gasteiger partial charge in [-0.25, -0.2) is 0 Å². The Bertz CT molecular complexity index is 1010. The van der Waals surface area contributed by atoms with E-state index in [0.29, 0.717) is 12.4 Å². The molecule has 0 aliphatic carbocycles. The highest BCUT2D eigenvalue weighted by Crippen LogP contribution is 2.34. The van der Waals surface area contributed by atoms with E-state index < -0.39 is 17.9 Å². The Morgan fingerprint density at radius 3 is 2.05 bits per heavy atom. The van der Waals surface area contributed by atoms with Gasteiger partial charge in [0.1, 0.15) is 12.0 Å². The second-order valence-corrected chi connectivity index (χ2v) is 9.01. The molecule has 1 saturated heterocycles. The molecule has 2 atom stereocenters. The minimum atomic E-state index is -4.41. The molecule has 4 N–H and O–H groups in total. The van der Waals surface area contributed by atoms with Gasteiger partial charge in [-0.1, -0.05) is 89.9 Å². The first-order valence-electron chi connectivity index (χ1n) is 14.1. The fourth-order valence-electron chi connectivity index (χ4n) is 3.95. The van der Waals surface area contributed by atoms with Crippen LogP contribution in [0.1, 0.15) is 75.9 Å². The van der Waals surface area contributed by atoms with Crippen molar-refractivity contribution in [3.63, 3.8) is 0 Å². The molecule has 39 heavy (non-hydrogen) atoms. The van der Waals surface area contributed by atoms with Gasteiger partial charge in [0.25, 0.3) is 0 Å². The van der Waals surface area contributed by atoms with Crippen LogP contribution in [-0.2, 0) is 12.6 Å². The van der Waals surface area contributed by atoms with Gasteiger partial charge in [-0.3, -0.25) is 4.99 Å². The number of benzene rings is 2. The van der Waals surface area contributed by atoms with Crippen LogP contribution in [0.4, 0.5) is 13.2 Å². The van der Waals surface area contributed by atoms with E-state index in [4.69, 9.17) is 0 Å². The smallest absolute Gasteiger partial charge is 0.363 e. The first kappa shape index (κ1) is 34.2. The van der Waals surface area contributed by atoms with E-state index in [2.05, 4.69) is 78.2 Å². The van der Waals surface area contributed by atoms with Crippen LogP contribution >= 0.6 is 0 Å². The first-order chi connectivity index (χ1) is 18.7. The predicted octanol–water partition coefficient (Wildman–Crippen LogP) is 6.76. The van der Waals surface area contributed by atoms with Crippen LogP contribution in [0.25, 0.3) is 0 Å². The van der Waals surface area contributed by atoms with Crippen molar-refractivity contribution in [2.24, 2.45) is 4.99 Å². The molecule has 0 bridgehead atoms. The van der Waals surface area contributed by atoms with Crippen molar-refractivity contribution in [2.75, 3.05) is 26.7 Å². The Hall–Kier alpha value is -2.84. The second kappa shape index (κ2) is 18.4. The van der Waals surface area contributed by atoms with Crippen LogP contribution < -0.4 is 21.3 Å². The zero-order chi connectivity index (χ0) is 29.3. The van der Waals surface area contributed by atoms with Gasteiger partial charge in [0, 0.05) is 44.0 Å². The van der Waals surface area contributed by atoms with Gasteiger partial charge in [0.2, 0.25) is 0 Å². The fraction of sp³-hybridized carbons (Fsp3) is 0.516. The summed E-state index contributed by atoms with van der Waals surface area (Å²) in [4.78, 5) is 4.12. The lowest BCUT2D eigenvalue weighted by Gasteiger charge is -2.35. The van der Waals surface area contributed by atoms with E-state index in [9.17, 15) is 13.2 Å². The number of rotatable bonds is 4. The van der Waals surface area contributed by atoms with E-state index in [-0.39, 0.29) is 11.6 Å². The van der Waals surface area contributed by atoms with Crippen LogP contribution in [0.5, 0.6) is 0 Å². The third kappa shape index (κ3) is 11.4. The summed E-state index contributed by atoms with van der Waals surface area (Å²) in [5.74, 6) is 0.554. The topological polar surface area (TPSA) is 60.5 Å². The fourth-order valence-corrected chi connectivity index (χ4v) is 3.95. The number of aryl methyl sites for hydroxylation is 2. The van der Waals surface area contributed by atoms with Gasteiger partial charge in [0.05, 0.1) is 11.6 Å². The van der Waals surface area contributed by atoms with Crippen molar-refractivity contribution in [1.82, 2.24) is 21.3 Å². The summed E-state index contributed by atoms with van der Waals surface area (Å²) in [5.41, 5.74) is 3.18. The predicted molar refractivity (Wildman–Crippen MR) is 159 cm³/mol. The van der Waals surface area contributed by atoms with Crippen molar-refractivity contribution >= 4 is 5.84 Å². The van der Waals surface area contributed by atoms with E-state index in [1.807, 2.05) is 19.9 Å². The van der Waals surface area contributed by atoms with Crippen molar-refractivity contribution in [3.05, 3.63) is 82.6 Å². The lowest BCUT2D eigenvalue weighted by molar-refractivity contribution is -0.138. The molecule has 218 valence electrons. The van der Waals surface area contributed by atoms with E-state index >= 15 is 0 Å². The zero-order valence-electron chi connectivity index (χ0n) is 24.7. The van der Waals surface area contributed by atoms with Crippen LogP contribution in [-0.4, -0.2) is 38.6 Å². The molecule has 1 fully saturated rings. The Balaban J connectivity index is 0.000000418. The minimum Gasteiger partial charge on any atom is -0.363 e. The van der Waals surface area contributed by atoms with Crippen molar-refractivity contribution in [2.45, 2.75) is 79.2 Å². The standard InChI is InChI=1S/C16H20F3N5.C9H12.C4H10.C2H6/c1-20-14-8-12(13-9-21-6-7-22-13)23-15(24-14)10-4-2-3-5-11(10)16(17,18)19;1-3-9-7-5-4-6-8(9)2;1-3-4-2;1-2/h2-5,8,13,15,21-23H,6-7,9H2,1H3,(H,20,24);4-7H,3H2,1-2H3;3-4H2,1-2H3;1-2H3. The molecule has 4 rings (SSSR count). The number of nitrogens with zero attached hydrogens (tertiary/aromatic N) is 1. The van der Waals surface area contributed by atoms with Crippen LogP contribution in [0.3, 0.4) is 0 Å². The largest absolute Gasteiger partial charge is 0.416 e. The van der Waals surface area contributed by atoms with Gasteiger partial charge in [-0.2, -0.15) is 13.2 Å². The average Bonchev–Trinajstić information content (AvgIpc) is 2.98. The lowest BCUT2D eigenvalue weighted by Crippen LogP contribution is -2.54. The maximum absolute atomic E-state index is 13.3. The molecule has 2 aliphatic rings. The highest BCUT2D eigenvalue weighted by atomic mass is 19.4. The quantitative estimate of drug-likeness (QED) is 0.342. The summed E-state index contributed by atoms with van der Waals surface area (Å²) in [6.45, 7) is 15.1. The van der Waals surface area contributed by atoms with Gasteiger partial charge in [0.15, 0.2) is 0 Å². The number of aliphatic imine (C=N–C) groups is 1. The molecule has 2 aromatic rings. The number of piperazine rings is 1. The Morgan fingerprint density at radius 2 is 1.54 bits per heavy atom. The van der Waals surface area contributed by atoms with Crippen LogP contribution in [0.2, 0.25) is 0 Å². The Morgan fingerprint density at radius 1 is 0.897 bits per heavy atom. The zero-order valence-corrected chi connectivity index (χ0v) is 24.7. The molecular weight excluding hydrogens is 499 g/mol. The van der Waals surface area contributed by atoms with Crippen LogP contribution in [0, 0.1) is 6.92 Å². The molecule has 0 radical (unpaired) electrons. The van der Waals surface area contributed by atoms with Crippen molar-refractivity contribution < 1.29 is 13.2 Å². The third-order valence-electron chi connectivity index (χ3n) is 6.27. The van der Waals surface area contributed by atoms with Crippen LogP contribution in [0.15, 0.2) is 65.3 Å². The SMILES string of the molecule is CC.CCCC.CCc1ccccc1C.CN=C1C=C(C2CNCCN2)NC(c2ccccc2C(F)(F)F)N1. The number of hydrogen-bond donors (Lipinski definition) is 4. The molecule has 0 aromatic heterocycles. The van der Waals surface area contributed by atoms with Gasteiger partial charge >= 0.3 is 6.18 Å². The molecule has 2 aromatic carbocycles. The Labute approximate surface area is 233 Å². The summed E-state index contributed by atoms with van der Waals surface area (Å²) >= 11 is 0. The molecular formula is C31H48F3N5. The van der Waals surface area contributed by atoms with Gasteiger partial charge < -0.3 is 21.3 Å². The number of amidine groups is 1. The highest BCUT2D eigenvalue weighted by Gasteiger charge is 2.36. The molecule has 2 aliphatic heterocycles. The normalized spacial score (nSPS) is 19.4. The number of unbranched alkanes of at least 4 members (excludes halogenated alkanes) is 1. The summed E-state index contributed by atoms with van der Waals surface area (Å²) in [6.07, 6.45) is 0.518. The number of halogens is 3. The lowest BCUT2D eigenvalue weighted by atomic mass is 10.0. The first-order valence-corrected chi connectivity index (χ1v) is 14.1. The summed E-state index contributed by atoms with van der Waals surface area (Å²) < 4.78 is 39.9. The highest BCUT2D eigenvalue weighted by molar-refractivity contribution is 5.94. The number of alkyl halides is 3. The molecule has 0 spiro atoms. The summed E-state index contributed by atoms with van der Waals surface area (Å²) in [7, 11) is 1.61. The molecule has 8 heteroatoms. The summed E-state index contributed by atoms with van der Waals surface area (Å²) in [5, 5.41) is 12.8. The maximum atomic E-state index is 13.3. The second-order valence-electron chi connectivity index (χ2n) is 9.01. The van der Waals surface area contributed by atoms with Crippen molar-refractivity contribution in [3.8, 4) is 0 Å². The van der Waals surface area contributed by atoms with Gasteiger partial charge in [-0.15, -0.1) is 0 Å². The Kier molecular flexibility index (Phi) is 16.2. The molecule has 0 amide bonds. The molecule has 2 unspecified atom stereocenters. The molecule has 0 saturated carbocycles. The maximum Gasteiger partial charge on any atom is 0.416 e. The molecule has 2 heterocycles. The molecule has 5 nitrogen and oxygen atoms in total. The monoisotopic (exact) mass is 547 g/mol. The van der Waals surface area contributed by atoms with E-state index in [0.717, 1.165) is 31.3 Å². The third-order valence-corrected chi connectivity index (χ3v) is 6.27. The van der Waals surface area contributed by atoms with E-state index in [1.165, 1.54) is 36.1 Å². The summed E-state index contributed by atoms with van der Waals surface area (Å²) in [6, 6.07) is 14.1.